The van der Waals surface area contributed by atoms with Crippen LogP contribution < -0.4 is 5.56 Å². The maximum absolute atomic E-state index is 13.2. The van der Waals surface area contributed by atoms with E-state index in [4.69, 9.17) is 0 Å². The number of rotatable bonds is 4. The van der Waals surface area contributed by atoms with Crippen LogP contribution in [0.15, 0.2) is 58.1 Å². The molecule has 0 N–H and O–H groups in total. The highest BCUT2D eigenvalue weighted by atomic mass is 32.1. The van der Waals surface area contributed by atoms with E-state index >= 15 is 0 Å². The summed E-state index contributed by atoms with van der Waals surface area (Å²) in [4.78, 5) is 35.7. The molecule has 3 aromatic heterocycles. The largest absolute Gasteiger partial charge is 0.335 e. The second-order valence-electron chi connectivity index (χ2n) is 7.74. The molecule has 5 rings (SSSR count). The van der Waals surface area contributed by atoms with E-state index in [1.54, 1.807) is 16.7 Å². The molecule has 0 aliphatic carbocycles. The van der Waals surface area contributed by atoms with Gasteiger partial charge in [-0.1, -0.05) is 29.8 Å². The number of hydrogen-bond acceptors (Lipinski definition) is 6. The Kier molecular flexibility index (Phi) is 5.43. The summed E-state index contributed by atoms with van der Waals surface area (Å²) in [5.74, 6) is 0.0987. The normalized spacial score (nSPS) is 14.9. The Morgan fingerprint density at radius 3 is 2.58 bits per heavy atom. The van der Waals surface area contributed by atoms with Crippen molar-refractivity contribution in [1.82, 2.24) is 19.2 Å². The lowest BCUT2D eigenvalue weighted by molar-refractivity contribution is 0.0632. The number of piperazine rings is 1. The van der Waals surface area contributed by atoms with Crippen LogP contribution in [0.4, 0.5) is 0 Å². The zero-order valence-electron chi connectivity index (χ0n) is 17.2. The van der Waals surface area contributed by atoms with E-state index in [2.05, 4.69) is 41.1 Å². The molecule has 4 aromatic rings. The number of amides is 1. The molecule has 158 valence electrons. The number of benzene rings is 1. The highest BCUT2D eigenvalue weighted by Gasteiger charge is 2.25. The van der Waals surface area contributed by atoms with Crippen LogP contribution in [0.1, 0.15) is 20.9 Å². The Balaban J connectivity index is 1.25. The second kappa shape index (κ2) is 8.37. The summed E-state index contributed by atoms with van der Waals surface area (Å²) < 4.78 is 1.57. The minimum absolute atomic E-state index is 0.0450. The molecule has 4 heterocycles. The van der Waals surface area contributed by atoms with Gasteiger partial charge in [-0.25, -0.2) is 4.98 Å². The van der Waals surface area contributed by atoms with E-state index in [-0.39, 0.29) is 11.5 Å². The molecule has 31 heavy (non-hydrogen) atoms. The van der Waals surface area contributed by atoms with Crippen LogP contribution in [0.25, 0.3) is 16.1 Å². The van der Waals surface area contributed by atoms with Gasteiger partial charge in [-0.15, -0.1) is 22.7 Å². The van der Waals surface area contributed by atoms with Gasteiger partial charge in [-0.05, 0) is 23.9 Å². The highest BCUT2D eigenvalue weighted by molar-refractivity contribution is 7.15. The van der Waals surface area contributed by atoms with Crippen molar-refractivity contribution in [3.63, 3.8) is 0 Å². The van der Waals surface area contributed by atoms with Crippen LogP contribution in [0.5, 0.6) is 0 Å². The molecule has 1 aromatic carbocycles. The number of fused-ring (bicyclic) bond motifs is 1. The van der Waals surface area contributed by atoms with E-state index < -0.39 is 0 Å². The van der Waals surface area contributed by atoms with Crippen LogP contribution in [0, 0.1) is 6.92 Å². The number of carbonyl (C=O) groups excluding carboxylic acids is 1. The standard InChI is InChI=1S/C23H22N4O2S2/c1-16-2-4-17(5-3-16)19-6-12-30-21(19)22(29)26-9-7-25(8-10-26)15-18-14-20(28)27-11-13-31-23(27)24-18/h2-6,11-14H,7-10,15H2,1H3. The molecule has 1 amide bonds. The average molecular weight is 451 g/mol. The van der Waals surface area contributed by atoms with Crippen molar-refractivity contribution in [2.45, 2.75) is 13.5 Å². The number of thiophene rings is 1. The van der Waals surface area contributed by atoms with Crippen molar-refractivity contribution in [1.29, 1.82) is 0 Å². The van der Waals surface area contributed by atoms with Crippen molar-refractivity contribution in [2.75, 3.05) is 26.2 Å². The van der Waals surface area contributed by atoms with Crippen molar-refractivity contribution in [3.8, 4) is 11.1 Å². The van der Waals surface area contributed by atoms with E-state index in [0.29, 0.717) is 19.6 Å². The molecule has 6 nitrogen and oxygen atoms in total. The van der Waals surface area contributed by atoms with Crippen molar-refractivity contribution < 1.29 is 4.79 Å². The zero-order chi connectivity index (χ0) is 21.4. The maximum Gasteiger partial charge on any atom is 0.264 e. The summed E-state index contributed by atoms with van der Waals surface area (Å²) in [7, 11) is 0. The van der Waals surface area contributed by atoms with Gasteiger partial charge in [0.15, 0.2) is 4.96 Å². The Hall–Kier alpha value is -2.81. The summed E-state index contributed by atoms with van der Waals surface area (Å²) in [6, 6.07) is 11.9. The first-order chi connectivity index (χ1) is 15.1. The van der Waals surface area contributed by atoms with Gasteiger partial charge in [0.25, 0.3) is 11.5 Å². The molecule has 1 aliphatic heterocycles. The minimum Gasteiger partial charge on any atom is -0.335 e. The lowest BCUT2D eigenvalue weighted by Crippen LogP contribution is -2.48. The van der Waals surface area contributed by atoms with E-state index in [0.717, 1.165) is 39.7 Å². The van der Waals surface area contributed by atoms with Gasteiger partial charge in [0.1, 0.15) is 0 Å². The zero-order valence-corrected chi connectivity index (χ0v) is 18.8. The Morgan fingerprint density at radius 2 is 1.81 bits per heavy atom. The molecule has 0 radical (unpaired) electrons. The second-order valence-corrected chi connectivity index (χ2v) is 9.53. The number of thiazole rings is 1. The topological polar surface area (TPSA) is 57.9 Å². The highest BCUT2D eigenvalue weighted by Crippen LogP contribution is 2.30. The third-order valence-electron chi connectivity index (χ3n) is 5.62. The number of aromatic nitrogens is 2. The maximum atomic E-state index is 13.2. The van der Waals surface area contributed by atoms with Crippen LogP contribution in [0.3, 0.4) is 0 Å². The molecular weight excluding hydrogens is 428 g/mol. The predicted octanol–water partition coefficient (Wildman–Crippen LogP) is 3.75. The van der Waals surface area contributed by atoms with Crippen LogP contribution >= 0.6 is 22.7 Å². The lowest BCUT2D eigenvalue weighted by atomic mass is 10.0. The van der Waals surface area contributed by atoms with Gasteiger partial charge in [-0.2, -0.15) is 0 Å². The molecule has 0 saturated carbocycles. The fourth-order valence-electron chi connectivity index (χ4n) is 3.89. The van der Waals surface area contributed by atoms with Gasteiger partial charge in [0.2, 0.25) is 0 Å². The molecule has 1 fully saturated rings. The molecule has 0 unspecified atom stereocenters. The van der Waals surface area contributed by atoms with Gasteiger partial charge >= 0.3 is 0 Å². The molecule has 0 spiro atoms. The summed E-state index contributed by atoms with van der Waals surface area (Å²) in [5, 5.41) is 3.86. The Labute approximate surface area is 188 Å². The van der Waals surface area contributed by atoms with E-state index in [1.165, 1.54) is 28.2 Å². The minimum atomic E-state index is -0.0450. The summed E-state index contributed by atoms with van der Waals surface area (Å²) >= 11 is 2.97. The van der Waals surface area contributed by atoms with Crippen molar-refractivity contribution in [3.05, 3.63) is 79.8 Å². The molecular formula is C23H22N4O2S2. The van der Waals surface area contributed by atoms with Crippen LogP contribution in [-0.4, -0.2) is 51.3 Å². The summed E-state index contributed by atoms with van der Waals surface area (Å²) in [6.45, 7) is 5.56. The first-order valence-electron chi connectivity index (χ1n) is 10.2. The predicted molar refractivity (Wildman–Crippen MR) is 125 cm³/mol. The fraction of sp³-hybridized carbons (Fsp3) is 0.261. The smallest absolute Gasteiger partial charge is 0.264 e. The third kappa shape index (κ3) is 4.06. The lowest BCUT2D eigenvalue weighted by Gasteiger charge is -2.34. The number of hydrogen-bond donors (Lipinski definition) is 0. The van der Waals surface area contributed by atoms with Gasteiger partial charge in [0.05, 0.1) is 10.6 Å². The van der Waals surface area contributed by atoms with E-state index in [1.807, 2.05) is 21.7 Å². The van der Waals surface area contributed by atoms with Gasteiger partial charge < -0.3 is 4.90 Å². The van der Waals surface area contributed by atoms with Crippen LogP contribution in [-0.2, 0) is 6.54 Å². The average Bonchev–Trinajstić information content (AvgIpc) is 3.44. The number of nitrogens with zero attached hydrogens (tertiary/aromatic N) is 4. The Morgan fingerprint density at radius 1 is 1.03 bits per heavy atom. The molecule has 8 heteroatoms. The fourth-order valence-corrected chi connectivity index (χ4v) is 5.51. The van der Waals surface area contributed by atoms with Crippen molar-refractivity contribution in [2.24, 2.45) is 0 Å². The molecule has 1 aliphatic rings. The first-order valence-corrected chi connectivity index (χ1v) is 12.0. The van der Waals surface area contributed by atoms with Crippen molar-refractivity contribution >= 4 is 33.5 Å². The summed E-state index contributed by atoms with van der Waals surface area (Å²) in [6.07, 6.45) is 1.75. The van der Waals surface area contributed by atoms with Crippen LogP contribution in [0.2, 0.25) is 0 Å². The Bertz CT molecular complexity index is 1280. The monoisotopic (exact) mass is 450 g/mol. The number of carbonyl (C=O) groups is 1. The summed E-state index contributed by atoms with van der Waals surface area (Å²) in [5.41, 5.74) is 4.03. The molecule has 0 bridgehead atoms. The quantitative estimate of drug-likeness (QED) is 0.475. The molecule has 0 atom stereocenters. The number of aryl methyl sites for hydroxylation is 1. The van der Waals surface area contributed by atoms with Gasteiger partial charge in [0, 0.05) is 55.9 Å². The van der Waals surface area contributed by atoms with Gasteiger partial charge in [-0.3, -0.25) is 18.9 Å². The molecule has 1 saturated heterocycles. The SMILES string of the molecule is Cc1ccc(-c2ccsc2C(=O)N2CCN(Cc3cc(=O)n4ccsc4n3)CC2)cc1. The third-order valence-corrected chi connectivity index (χ3v) is 7.28. The first kappa shape index (κ1) is 20.1. The van der Waals surface area contributed by atoms with E-state index in [9.17, 15) is 9.59 Å².